The van der Waals surface area contributed by atoms with Gasteiger partial charge in [-0.2, -0.15) is 5.10 Å². The van der Waals surface area contributed by atoms with E-state index in [2.05, 4.69) is 21.0 Å². The van der Waals surface area contributed by atoms with Gasteiger partial charge in [0, 0.05) is 51.8 Å². The second-order valence-electron chi connectivity index (χ2n) is 7.31. The van der Waals surface area contributed by atoms with Gasteiger partial charge in [-0.25, -0.2) is 0 Å². The van der Waals surface area contributed by atoms with Crippen molar-refractivity contribution in [1.29, 1.82) is 0 Å². The Balaban J connectivity index is 1.37. The molecule has 3 rings (SSSR count). The van der Waals surface area contributed by atoms with Crippen LogP contribution in [0.15, 0.2) is 12.4 Å². The Morgan fingerprint density at radius 1 is 1.24 bits per heavy atom. The molecule has 1 saturated heterocycles. The van der Waals surface area contributed by atoms with Crippen LogP contribution in [0.3, 0.4) is 0 Å². The van der Waals surface area contributed by atoms with Gasteiger partial charge < -0.3 is 16.0 Å². The number of rotatable bonds is 7. The molecule has 0 unspecified atom stereocenters. The highest BCUT2D eigenvalue weighted by atomic mass is 16.2. The smallest absolute Gasteiger partial charge is 0.225 e. The Morgan fingerprint density at radius 3 is 2.72 bits per heavy atom. The monoisotopic (exact) mass is 347 g/mol. The molecular weight excluding hydrogens is 318 g/mol. The summed E-state index contributed by atoms with van der Waals surface area (Å²) in [5.74, 6) is 0.782. The number of aryl methyl sites for hydroxylation is 1. The highest BCUT2D eigenvalue weighted by molar-refractivity contribution is 5.80. The first-order chi connectivity index (χ1) is 12.1. The van der Waals surface area contributed by atoms with E-state index >= 15 is 0 Å². The van der Waals surface area contributed by atoms with Crippen LogP contribution in [-0.4, -0.2) is 47.8 Å². The van der Waals surface area contributed by atoms with Gasteiger partial charge in [-0.15, -0.1) is 0 Å². The maximum atomic E-state index is 12.5. The van der Waals surface area contributed by atoms with Gasteiger partial charge in [-0.1, -0.05) is 12.8 Å². The van der Waals surface area contributed by atoms with Crippen LogP contribution in [0.4, 0.5) is 0 Å². The molecule has 1 aromatic rings. The average Bonchev–Trinajstić information content (AvgIpc) is 3.32. The zero-order chi connectivity index (χ0) is 17.6. The van der Waals surface area contributed by atoms with Crippen molar-refractivity contribution in [3.8, 4) is 0 Å². The Labute approximate surface area is 148 Å². The molecule has 1 saturated carbocycles. The highest BCUT2D eigenvalue weighted by Gasteiger charge is 2.34. The second kappa shape index (κ2) is 8.47. The minimum Gasteiger partial charge on any atom is -0.354 e. The lowest BCUT2D eigenvalue weighted by molar-refractivity contribution is -0.125. The SMILES string of the molecule is Cn1cc([C@H]2CNC[C@@H]2C(=O)NCCNC(=O)CC2CCCC2)cn1. The summed E-state index contributed by atoms with van der Waals surface area (Å²) in [6.45, 7) is 2.45. The summed E-state index contributed by atoms with van der Waals surface area (Å²) < 4.78 is 1.77. The van der Waals surface area contributed by atoms with Crippen molar-refractivity contribution in [3.05, 3.63) is 18.0 Å². The molecule has 138 valence electrons. The van der Waals surface area contributed by atoms with Crippen LogP contribution < -0.4 is 16.0 Å². The van der Waals surface area contributed by atoms with Crippen LogP contribution >= 0.6 is 0 Å². The van der Waals surface area contributed by atoms with Gasteiger partial charge in [-0.3, -0.25) is 14.3 Å². The maximum absolute atomic E-state index is 12.5. The Bertz CT molecular complexity index is 594. The molecule has 0 radical (unpaired) electrons. The van der Waals surface area contributed by atoms with Crippen LogP contribution in [0, 0.1) is 11.8 Å². The lowest BCUT2D eigenvalue weighted by Crippen LogP contribution is -2.39. The van der Waals surface area contributed by atoms with Crippen molar-refractivity contribution in [2.45, 2.75) is 38.0 Å². The summed E-state index contributed by atoms with van der Waals surface area (Å²) in [7, 11) is 1.88. The predicted octanol–water partition coefficient (Wildman–Crippen LogP) is 0.536. The Kier molecular flexibility index (Phi) is 6.07. The molecular formula is C18H29N5O2. The molecule has 2 heterocycles. The average molecular weight is 347 g/mol. The van der Waals surface area contributed by atoms with Gasteiger partial charge in [0.2, 0.25) is 11.8 Å². The van der Waals surface area contributed by atoms with E-state index < -0.39 is 0 Å². The predicted molar refractivity (Wildman–Crippen MR) is 94.9 cm³/mol. The van der Waals surface area contributed by atoms with Crippen LogP contribution in [0.25, 0.3) is 0 Å². The standard InChI is InChI=1S/C18H29N5O2/c1-23-12-14(9-22-23)15-10-19-11-16(15)18(25)21-7-6-20-17(24)8-13-4-2-3-5-13/h9,12-13,15-16,19H,2-8,10-11H2,1H3,(H,20,24)(H,21,25)/t15-,16+/m1/s1. The lowest BCUT2D eigenvalue weighted by Gasteiger charge is -2.17. The van der Waals surface area contributed by atoms with Crippen molar-refractivity contribution in [2.75, 3.05) is 26.2 Å². The zero-order valence-corrected chi connectivity index (χ0v) is 15.0. The molecule has 2 aliphatic rings. The van der Waals surface area contributed by atoms with E-state index in [0.29, 0.717) is 32.0 Å². The molecule has 1 aliphatic carbocycles. The number of carbonyl (C=O) groups excluding carboxylic acids is 2. The van der Waals surface area contributed by atoms with E-state index in [4.69, 9.17) is 0 Å². The quantitative estimate of drug-likeness (QED) is 0.628. The van der Waals surface area contributed by atoms with Gasteiger partial charge in [0.15, 0.2) is 0 Å². The van der Waals surface area contributed by atoms with E-state index in [-0.39, 0.29) is 23.7 Å². The third-order valence-electron chi connectivity index (χ3n) is 5.40. The number of nitrogens with one attached hydrogen (secondary N) is 3. The molecule has 2 amide bonds. The first kappa shape index (κ1) is 17.9. The molecule has 0 bridgehead atoms. The molecule has 0 spiro atoms. The third-order valence-corrected chi connectivity index (χ3v) is 5.40. The van der Waals surface area contributed by atoms with Crippen LogP contribution in [-0.2, 0) is 16.6 Å². The van der Waals surface area contributed by atoms with Gasteiger partial charge in [0.1, 0.15) is 0 Å². The molecule has 2 fully saturated rings. The van der Waals surface area contributed by atoms with E-state index in [1.165, 1.54) is 25.7 Å². The van der Waals surface area contributed by atoms with E-state index in [9.17, 15) is 9.59 Å². The molecule has 2 atom stereocenters. The number of carbonyl (C=O) groups is 2. The number of amides is 2. The summed E-state index contributed by atoms with van der Waals surface area (Å²) in [6, 6.07) is 0. The Morgan fingerprint density at radius 2 is 2.00 bits per heavy atom. The summed E-state index contributed by atoms with van der Waals surface area (Å²) >= 11 is 0. The third kappa shape index (κ3) is 4.81. The maximum Gasteiger partial charge on any atom is 0.225 e. The van der Waals surface area contributed by atoms with Crippen molar-refractivity contribution < 1.29 is 9.59 Å². The van der Waals surface area contributed by atoms with Gasteiger partial charge in [0.05, 0.1) is 12.1 Å². The summed E-state index contributed by atoms with van der Waals surface area (Å²) in [6.07, 6.45) is 9.29. The molecule has 3 N–H and O–H groups in total. The van der Waals surface area contributed by atoms with Crippen LogP contribution in [0.5, 0.6) is 0 Å². The Hall–Kier alpha value is -1.89. The van der Waals surface area contributed by atoms with Crippen molar-refractivity contribution in [1.82, 2.24) is 25.7 Å². The molecule has 1 aromatic heterocycles. The van der Waals surface area contributed by atoms with Crippen molar-refractivity contribution in [2.24, 2.45) is 18.9 Å². The molecule has 0 aromatic carbocycles. The van der Waals surface area contributed by atoms with E-state index in [1.54, 1.807) is 4.68 Å². The van der Waals surface area contributed by atoms with E-state index in [1.807, 2.05) is 19.4 Å². The molecule has 25 heavy (non-hydrogen) atoms. The highest BCUT2D eigenvalue weighted by Crippen LogP contribution is 2.28. The van der Waals surface area contributed by atoms with Gasteiger partial charge in [-0.05, 0) is 24.3 Å². The first-order valence-electron chi connectivity index (χ1n) is 9.37. The summed E-state index contributed by atoms with van der Waals surface area (Å²) in [4.78, 5) is 24.4. The molecule has 7 nitrogen and oxygen atoms in total. The van der Waals surface area contributed by atoms with Gasteiger partial charge >= 0.3 is 0 Å². The second-order valence-corrected chi connectivity index (χ2v) is 7.31. The van der Waals surface area contributed by atoms with Gasteiger partial charge in [0.25, 0.3) is 0 Å². The zero-order valence-electron chi connectivity index (χ0n) is 15.0. The fraction of sp³-hybridized carbons (Fsp3) is 0.722. The topological polar surface area (TPSA) is 88.0 Å². The van der Waals surface area contributed by atoms with Crippen molar-refractivity contribution >= 4 is 11.8 Å². The fourth-order valence-electron chi connectivity index (χ4n) is 4.00. The van der Waals surface area contributed by atoms with E-state index in [0.717, 1.165) is 12.1 Å². The number of hydrogen-bond donors (Lipinski definition) is 3. The van der Waals surface area contributed by atoms with Crippen LogP contribution in [0.2, 0.25) is 0 Å². The first-order valence-corrected chi connectivity index (χ1v) is 9.37. The largest absolute Gasteiger partial charge is 0.354 e. The van der Waals surface area contributed by atoms with Crippen LogP contribution in [0.1, 0.15) is 43.6 Å². The number of nitrogens with zero attached hydrogens (tertiary/aromatic N) is 2. The molecule has 7 heteroatoms. The summed E-state index contributed by atoms with van der Waals surface area (Å²) in [5, 5.41) is 13.4. The normalized spacial score (nSPS) is 23.7. The molecule has 1 aliphatic heterocycles. The lowest BCUT2D eigenvalue weighted by atomic mass is 9.90. The fourth-order valence-corrected chi connectivity index (χ4v) is 4.00. The number of hydrogen-bond acceptors (Lipinski definition) is 4. The number of aromatic nitrogens is 2. The van der Waals surface area contributed by atoms with Crippen molar-refractivity contribution in [3.63, 3.8) is 0 Å². The minimum atomic E-state index is -0.0848. The minimum absolute atomic E-state index is 0.0453. The summed E-state index contributed by atoms with van der Waals surface area (Å²) in [5.41, 5.74) is 1.09.